The molecular formula is C19H31N3O4S. The third-order valence-electron chi connectivity index (χ3n) is 4.20. The van der Waals surface area contributed by atoms with E-state index in [4.69, 9.17) is 9.47 Å². The average molecular weight is 398 g/mol. The first kappa shape index (κ1) is 21.5. The summed E-state index contributed by atoms with van der Waals surface area (Å²) in [6.45, 7) is 13.8. The maximum absolute atomic E-state index is 12.6. The van der Waals surface area contributed by atoms with Crippen LogP contribution in [-0.2, 0) is 9.47 Å². The van der Waals surface area contributed by atoms with Crippen molar-refractivity contribution in [3.05, 3.63) is 10.6 Å². The Hall–Kier alpha value is -1.83. The number of nitrogens with zero attached hydrogens (tertiary/aromatic N) is 3. The second kappa shape index (κ2) is 8.91. The summed E-state index contributed by atoms with van der Waals surface area (Å²) >= 11 is 1.35. The summed E-state index contributed by atoms with van der Waals surface area (Å²) in [6, 6.07) is 0.0987. The van der Waals surface area contributed by atoms with E-state index in [9.17, 15) is 9.59 Å². The van der Waals surface area contributed by atoms with Gasteiger partial charge in [-0.3, -0.25) is 0 Å². The van der Waals surface area contributed by atoms with Crippen LogP contribution >= 0.6 is 11.3 Å². The molecule has 0 atom stereocenters. The zero-order valence-corrected chi connectivity index (χ0v) is 18.0. The molecule has 0 N–H and O–H groups in total. The highest BCUT2D eigenvalue weighted by molar-refractivity contribution is 7.17. The van der Waals surface area contributed by atoms with Crippen LogP contribution in [0.25, 0.3) is 0 Å². The lowest BCUT2D eigenvalue weighted by Crippen LogP contribution is -2.61. The van der Waals surface area contributed by atoms with Crippen LogP contribution in [0.4, 0.5) is 9.93 Å². The highest BCUT2D eigenvalue weighted by Crippen LogP contribution is 2.31. The molecule has 1 aliphatic rings. The Labute approximate surface area is 165 Å². The van der Waals surface area contributed by atoms with E-state index < -0.39 is 5.60 Å². The molecule has 0 bridgehead atoms. The summed E-state index contributed by atoms with van der Waals surface area (Å²) in [5.74, 6) is -0.325. The Balaban J connectivity index is 2.01. The van der Waals surface area contributed by atoms with Gasteiger partial charge in [-0.25, -0.2) is 14.6 Å². The van der Waals surface area contributed by atoms with E-state index in [2.05, 4.69) is 16.8 Å². The average Bonchev–Trinajstić information content (AvgIpc) is 2.89. The van der Waals surface area contributed by atoms with Gasteiger partial charge in [0, 0.05) is 19.6 Å². The van der Waals surface area contributed by atoms with E-state index in [1.54, 1.807) is 6.92 Å². The predicted octanol–water partition coefficient (Wildman–Crippen LogP) is 3.85. The van der Waals surface area contributed by atoms with Crippen LogP contribution in [0, 0.1) is 6.92 Å². The first-order chi connectivity index (χ1) is 12.7. The number of ether oxygens (including phenoxy) is 2. The number of rotatable bonds is 7. The van der Waals surface area contributed by atoms with E-state index in [1.165, 1.54) is 11.3 Å². The maximum Gasteiger partial charge on any atom is 0.410 e. The highest BCUT2D eigenvalue weighted by atomic mass is 32.1. The molecule has 1 saturated heterocycles. The topological polar surface area (TPSA) is 72.0 Å². The van der Waals surface area contributed by atoms with Gasteiger partial charge < -0.3 is 19.3 Å². The van der Waals surface area contributed by atoms with Gasteiger partial charge in [-0.2, -0.15) is 0 Å². The number of hydrogen-bond donors (Lipinski definition) is 0. The van der Waals surface area contributed by atoms with E-state index in [0.717, 1.165) is 18.0 Å². The summed E-state index contributed by atoms with van der Waals surface area (Å²) in [4.78, 5) is 33.5. The minimum atomic E-state index is -0.508. The fourth-order valence-corrected chi connectivity index (χ4v) is 3.76. The number of unbranched alkanes of at least 4 members (excludes halogenated alkanes) is 1. The van der Waals surface area contributed by atoms with Gasteiger partial charge in [0.15, 0.2) is 5.13 Å². The summed E-state index contributed by atoms with van der Waals surface area (Å²) < 4.78 is 10.6. The van der Waals surface area contributed by atoms with Crippen LogP contribution in [0.3, 0.4) is 0 Å². The van der Waals surface area contributed by atoms with Crippen molar-refractivity contribution in [2.45, 2.75) is 66.0 Å². The second-order valence-electron chi connectivity index (χ2n) is 7.72. The number of carbonyl (C=O) groups is 2. The summed E-state index contributed by atoms with van der Waals surface area (Å²) in [5.41, 5.74) is 0.179. The minimum absolute atomic E-state index is 0.0987. The molecule has 0 aromatic carbocycles. The number of esters is 1. The molecule has 0 spiro atoms. The molecular weight excluding hydrogens is 366 g/mol. The molecule has 2 rings (SSSR count). The molecule has 8 heteroatoms. The molecule has 1 amide bonds. The Morgan fingerprint density at radius 2 is 1.96 bits per heavy atom. The number of amides is 1. The number of thiazole rings is 1. The van der Waals surface area contributed by atoms with E-state index in [1.807, 2.05) is 32.6 Å². The molecule has 0 saturated carbocycles. The van der Waals surface area contributed by atoms with Crippen LogP contribution in [0.1, 0.15) is 62.8 Å². The smallest absolute Gasteiger partial charge is 0.410 e. The quantitative estimate of drug-likeness (QED) is 0.651. The Morgan fingerprint density at radius 1 is 1.30 bits per heavy atom. The zero-order chi connectivity index (χ0) is 20.2. The third kappa shape index (κ3) is 5.57. The Kier molecular flexibility index (Phi) is 7.08. The van der Waals surface area contributed by atoms with Gasteiger partial charge in [-0.15, -0.1) is 0 Å². The van der Waals surface area contributed by atoms with Gasteiger partial charge in [-0.05, 0) is 41.0 Å². The number of hydrogen-bond acceptors (Lipinski definition) is 7. The van der Waals surface area contributed by atoms with Gasteiger partial charge in [0.2, 0.25) is 0 Å². The first-order valence-corrected chi connectivity index (χ1v) is 10.4. The van der Waals surface area contributed by atoms with Gasteiger partial charge in [-0.1, -0.05) is 24.7 Å². The standard InChI is InChI=1S/C19H31N3O4S/c1-7-9-10-22(18(24)26-19(4,5)6)14-11-21(12-14)17-20-13(3)15(27-17)16(23)25-8-2/h14H,7-12H2,1-6H3. The van der Waals surface area contributed by atoms with Crippen molar-refractivity contribution in [1.82, 2.24) is 9.88 Å². The van der Waals surface area contributed by atoms with Gasteiger partial charge in [0.25, 0.3) is 0 Å². The summed E-state index contributed by atoms with van der Waals surface area (Å²) in [7, 11) is 0. The van der Waals surface area contributed by atoms with Crippen molar-refractivity contribution in [1.29, 1.82) is 0 Å². The third-order valence-corrected chi connectivity index (χ3v) is 5.40. The Morgan fingerprint density at radius 3 is 2.52 bits per heavy atom. The SMILES string of the molecule is CCCCN(C(=O)OC(C)(C)C)C1CN(c2nc(C)c(C(=O)OCC)s2)C1. The molecule has 1 fully saturated rings. The van der Waals surface area contributed by atoms with Crippen LogP contribution in [-0.4, -0.2) is 59.8 Å². The molecule has 27 heavy (non-hydrogen) atoms. The molecule has 0 radical (unpaired) electrons. The fraction of sp³-hybridized carbons (Fsp3) is 0.737. The van der Waals surface area contributed by atoms with Crippen LogP contribution in [0.2, 0.25) is 0 Å². The maximum atomic E-state index is 12.6. The normalized spacial score (nSPS) is 14.7. The number of aryl methyl sites for hydroxylation is 1. The van der Waals surface area contributed by atoms with E-state index >= 15 is 0 Å². The zero-order valence-electron chi connectivity index (χ0n) is 17.2. The Bertz CT molecular complexity index is 662. The fourth-order valence-electron chi connectivity index (χ4n) is 2.78. The molecule has 0 aliphatic carbocycles. The first-order valence-electron chi connectivity index (χ1n) is 9.55. The van der Waals surface area contributed by atoms with E-state index in [-0.39, 0.29) is 18.1 Å². The molecule has 152 valence electrons. The predicted molar refractivity (Wildman–Crippen MR) is 107 cm³/mol. The van der Waals surface area contributed by atoms with Crippen LogP contribution in [0.5, 0.6) is 0 Å². The molecule has 1 aliphatic heterocycles. The van der Waals surface area contributed by atoms with Crippen molar-refractivity contribution in [3.63, 3.8) is 0 Å². The van der Waals surface area contributed by atoms with Crippen molar-refractivity contribution in [3.8, 4) is 0 Å². The summed E-state index contributed by atoms with van der Waals surface area (Å²) in [5, 5.41) is 0.798. The molecule has 1 aromatic rings. The van der Waals surface area contributed by atoms with Crippen molar-refractivity contribution < 1.29 is 19.1 Å². The van der Waals surface area contributed by atoms with Crippen molar-refractivity contribution >= 4 is 28.5 Å². The molecule has 1 aromatic heterocycles. The minimum Gasteiger partial charge on any atom is -0.462 e. The van der Waals surface area contributed by atoms with Gasteiger partial charge in [0.1, 0.15) is 10.5 Å². The van der Waals surface area contributed by atoms with Crippen LogP contribution < -0.4 is 4.90 Å². The largest absolute Gasteiger partial charge is 0.462 e. The van der Waals surface area contributed by atoms with Crippen molar-refractivity contribution in [2.75, 3.05) is 31.1 Å². The van der Waals surface area contributed by atoms with E-state index in [0.29, 0.717) is 36.8 Å². The lowest BCUT2D eigenvalue weighted by Gasteiger charge is -2.45. The number of aromatic nitrogens is 1. The molecule has 0 unspecified atom stereocenters. The monoisotopic (exact) mass is 397 g/mol. The van der Waals surface area contributed by atoms with Crippen LogP contribution in [0.15, 0.2) is 0 Å². The summed E-state index contributed by atoms with van der Waals surface area (Å²) in [6.07, 6.45) is 1.70. The second-order valence-corrected chi connectivity index (χ2v) is 8.70. The highest BCUT2D eigenvalue weighted by Gasteiger charge is 2.38. The lowest BCUT2D eigenvalue weighted by molar-refractivity contribution is 0.0128. The number of carbonyl (C=O) groups excluding carboxylic acids is 2. The number of anilines is 1. The molecule has 2 heterocycles. The van der Waals surface area contributed by atoms with Crippen molar-refractivity contribution in [2.24, 2.45) is 0 Å². The lowest BCUT2D eigenvalue weighted by atomic mass is 10.1. The van der Waals surface area contributed by atoms with Gasteiger partial charge in [0.05, 0.1) is 18.3 Å². The van der Waals surface area contributed by atoms with Gasteiger partial charge >= 0.3 is 12.1 Å². The molecule has 7 nitrogen and oxygen atoms in total.